The number of benzene rings is 2. The molecule has 0 radical (unpaired) electrons. The van der Waals surface area contributed by atoms with Crippen LogP contribution in [0.3, 0.4) is 0 Å². The summed E-state index contributed by atoms with van der Waals surface area (Å²) in [5, 5.41) is 4.40. The van der Waals surface area contributed by atoms with Gasteiger partial charge in [0, 0.05) is 47.3 Å². The highest BCUT2D eigenvalue weighted by Gasteiger charge is 2.15. The first kappa shape index (κ1) is 20.0. The second-order valence-electron chi connectivity index (χ2n) is 6.32. The summed E-state index contributed by atoms with van der Waals surface area (Å²) >= 11 is 6.00. The molecule has 146 valence electrons. The molecule has 0 bridgehead atoms. The van der Waals surface area contributed by atoms with E-state index in [1.54, 1.807) is 26.6 Å². The van der Waals surface area contributed by atoms with Crippen molar-refractivity contribution in [1.29, 1.82) is 0 Å². The van der Waals surface area contributed by atoms with Crippen LogP contribution in [0.4, 0.5) is 0 Å². The maximum absolute atomic E-state index is 12.1. The van der Waals surface area contributed by atoms with E-state index in [1.165, 1.54) is 0 Å². The third-order valence-corrected chi connectivity index (χ3v) is 4.68. The van der Waals surface area contributed by atoms with Gasteiger partial charge in [0.2, 0.25) is 5.91 Å². The predicted molar refractivity (Wildman–Crippen MR) is 112 cm³/mol. The SMILES string of the molecule is COCCNC(=O)/C=C(\C)c1cc2c(-c3ccc(Cl)cc3)coc2cc1OC. The average Bonchev–Trinajstić information content (AvgIpc) is 3.10. The molecule has 1 amide bonds. The quantitative estimate of drug-likeness (QED) is 0.452. The summed E-state index contributed by atoms with van der Waals surface area (Å²) in [6.45, 7) is 2.80. The van der Waals surface area contributed by atoms with Crippen molar-refractivity contribution >= 4 is 34.1 Å². The van der Waals surface area contributed by atoms with E-state index in [0.29, 0.717) is 29.5 Å². The van der Waals surface area contributed by atoms with E-state index in [9.17, 15) is 4.79 Å². The summed E-state index contributed by atoms with van der Waals surface area (Å²) < 4.78 is 16.2. The van der Waals surface area contributed by atoms with Crippen LogP contribution < -0.4 is 10.1 Å². The summed E-state index contributed by atoms with van der Waals surface area (Å²) in [4.78, 5) is 12.1. The largest absolute Gasteiger partial charge is 0.496 e. The minimum absolute atomic E-state index is 0.179. The number of allylic oxidation sites excluding steroid dienone is 1. The Kier molecular flexibility index (Phi) is 6.39. The molecule has 1 heterocycles. The van der Waals surface area contributed by atoms with E-state index >= 15 is 0 Å². The molecule has 0 spiro atoms. The van der Waals surface area contributed by atoms with Crippen molar-refractivity contribution in [2.45, 2.75) is 6.92 Å². The number of carbonyl (C=O) groups excluding carboxylic acids is 1. The number of nitrogens with one attached hydrogen (secondary N) is 1. The first-order valence-electron chi connectivity index (χ1n) is 8.84. The lowest BCUT2D eigenvalue weighted by molar-refractivity contribution is -0.116. The maximum atomic E-state index is 12.1. The molecule has 0 aliphatic carbocycles. The van der Waals surface area contributed by atoms with Crippen LogP contribution in [0.25, 0.3) is 27.7 Å². The van der Waals surface area contributed by atoms with Gasteiger partial charge in [-0.1, -0.05) is 23.7 Å². The van der Waals surface area contributed by atoms with Crippen LogP contribution in [0, 0.1) is 0 Å². The smallest absolute Gasteiger partial charge is 0.244 e. The van der Waals surface area contributed by atoms with Gasteiger partial charge in [0.25, 0.3) is 0 Å². The van der Waals surface area contributed by atoms with Crippen molar-refractivity contribution in [1.82, 2.24) is 5.32 Å². The van der Waals surface area contributed by atoms with E-state index < -0.39 is 0 Å². The fourth-order valence-electron chi connectivity index (χ4n) is 2.99. The molecule has 1 N–H and O–H groups in total. The van der Waals surface area contributed by atoms with Crippen molar-refractivity contribution in [2.24, 2.45) is 0 Å². The second-order valence-corrected chi connectivity index (χ2v) is 6.75. The Labute approximate surface area is 168 Å². The number of carbonyl (C=O) groups is 1. The molecule has 1 aromatic heterocycles. The molecule has 0 aliphatic rings. The fraction of sp³-hybridized carbons (Fsp3) is 0.227. The molecule has 28 heavy (non-hydrogen) atoms. The third kappa shape index (κ3) is 4.38. The molecular weight excluding hydrogens is 378 g/mol. The molecule has 3 aromatic rings. The predicted octanol–water partition coefficient (Wildman–Crippen LogP) is 4.93. The zero-order valence-electron chi connectivity index (χ0n) is 16.0. The third-order valence-electron chi connectivity index (χ3n) is 4.43. The van der Waals surface area contributed by atoms with Gasteiger partial charge < -0.3 is 19.2 Å². The Hall–Kier alpha value is -2.76. The number of rotatable bonds is 7. The average molecular weight is 400 g/mol. The van der Waals surface area contributed by atoms with E-state index in [-0.39, 0.29) is 5.91 Å². The standard InChI is InChI=1S/C22H22ClNO4/c1-14(10-22(25)24-8-9-26-2)17-11-18-19(15-4-6-16(23)7-5-15)13-28-21(18)12-20(17)27-3/h4-7,10-13H,8-9H2,1-3H3,(H,24,25)/b14-10+. The van der Waals surface area contributed by atoms with E-state index in [2.05, 4.69) is 5.32 Å². The number of fused-ring (bicyclic) bond motifs is 1. The molecule has 5 nitrogen and oxygen atoms in total. The van der Waals surface area contributed by atoms with Gasteiger partial charge in [0.05, 0.1) is 20.0 Å². The van der Waals surface area contributed by atoms with Crippen LogP contribution in [0.15, 0.2) is 53.2 Å². The molecule has 0 aliphatic heterocycles. The van der Waals surface area contributed by atoms with Crippen LogP contribution in [0.1, 0.15) is 12.5 Å². The van der Waals surface area contributed by atoms with Crippen molar-refractivity contribution in [2.75, 3.05) is 27.4 Å². The zero-order chi connectivity index (χ0) is 20.1. The highest BCUT2D eigenvalue weighted by molar-refractivity contribution is 6.30. The highest BCUT2D eigenvalue weighted by atomic mass is 35.5. The molecule has 0 saturated heterocycles. The van der Waals surface area contributed by atoms with Crippen molar-refractivity contribution in [3.8, 4) is 16.9 Å². The molecule has 0 saturated carbocycles. The lowest BCUT2D eigenvalue weighted by Gasteiger charge is -2.10. The Morgan fingerprint density at radius 3 is 2.64 bits per heavy atom. The van der Waals surface area contributed by atoms with Gasteiger partial charge in [-0.05, 0) is 36.3 Å². The van der Waals surface area contributed by atoms with Crippen molar-refractivity contribution in [3.05, 3.63) is 59.3 Å². The Morgan fingerprint density at radius 2 is 1.96 bits per heavy atom. The molecule has 2 aromatic carbocycles. The Bertz CT molecular complexity index is 1010. The molecule has 0 atom stereocenters. The highest BCUT2D eigenvalue weighted by Crippen LogP contribution is 2.37. The number of halogens is 1. The first-order chi connectivity index (χ1) is 13.5. The Morgan fingerprint density at radius 1 is 1.21 bits per heavy atom. The summed E-state index contributed by atoms with van der Waals surface area (Å²) in [6, 6.07) is 11.4. The first-order valence-corrected chi connectivity index (χ1v) is 9.22. The van der Waals surface area contributed by atoms with Gasteiger partial charge >= 0.3 is 0 Å². The van der Waals surface area contributed by atoms with E-state index in [0.717, 1.165) is 27.6 Å². The van der Waals surface area contributed by atoms with Crippen molar-refractivity contribution < 1.29 is 18.7 Å². The molecule has 3 rings (SSSR count). The van der Waals surface area contributed by atoms with Crippen molar-refractivity contribution in [3.63, 3.8) is 0 Å². The van der Waals surface area contributed by atoms with E-state index in [4.69, 9.17) is 25.5 Å². The van der Waals surface area contributed by atoms with Crippen LogP contribution in [-0.2, 0) is 9.53 Å². The molecule has 6 heteroatoms. The van der Waals surface area contributed by atoms with Crippen LogP contribution in [0.2, 0.25) is 5.02 Å². The van der Waals surface area contributed by atoms with Gasteiger partial charge in [-0.3, -0.25) is 4.79 Å². The number of ether oxygens (including phenoxy) is 2. The van der Waals surface area contributed by atoms with Gasteiger partial charge in [-0.2, -0.15) is 0 Å². The molecule has 0 fully saturated rings. The van der Waals surface area contributed by atoms with Gasteiger partial charge in [-0.25, -0.2) is 0 Å². The maximum Gasteiger partial charge on any atom is 0.244 e. The van der Waals surface area contributed by atoms with E-state index in [1.807, 2.05) is 43.3 Å². The number of hydrogen-bond acceptors (Lipinski definition) is 4. The number of amides is 1. The lowest BCUT2D eigenvalue weighted by Crippen LogP contribution is -2.25. The minimum Gasteiger partial charge on any atom is -0.496 e. The number of methoxy groups -OCH3 is 2. The van der Waals surface area contributed by atoms with Crippen LogP contribution >= 0.6 is 11.6 Å². The van der Waals surface area contributed by atoms with Gasteiger partial charge in [-0.15, -0.1) is 0 Å². The fourth-order valence-corrected chi connectivity index (χ4v) is 3.11. The monoisotopic (exact) mass is 399 g/mol. The molecule has 0 unspecified atom stereocenters. The second kappa shape index (κ2) is 8.95. The summed E-state index contributed by atoms with van der Waals surface area (Å²) in [5.41, 5.74) is 4.28. The summed E-state index contributed by atoms with van der Waals surface area (Å²) in [7, 11) is 3.19. The summed E-state index contributed by atoms with van der Waals surface area (Å²) in [6.07, 6.45) is 3.27. The van der Waals surface area contributed by atoms with Gasteiger partial charge in [0.15, 0.2) is 0 Å². The number of hydrogen-bond donors (Lipinski definition) is 1. The minimum atomic E-state index is -0.179. The molecular formula is C22H22ClNO4. The lowest BCUT2D eigenvalue weighted by atomic mass is 9.99. The van der Waals surface area contributed by atoms with Gasteiger partial charge in [0.1, 0.15) is 11.3 Å². The number of furan rings is 1. The zero-order valence-corrected chi connectivity index (χ0v) is 16.8. The summed E-state index contributed by atoms with van der Waals surface area (Å²) in [5.74, 6) is 0.463. The van der Waals surface area contributed by atoms with Crippen LogP contribution in [0.5, 0.6) is 5.75 Å². The Balaban J connectivity index is 2.00. The normalized spacial score (nSPS) is 11.6. The van der Waals surface area contributed by atoms with Crippen LogP contribution in [-0.4, -0.2) is 33.3 Å². The topological polar surface area (TPSA) is 60.7 Å².